The second-order valence-electron chi connectivity index (χ2n) is 4.10. The lowest BCUT2D eigenvalue weighted by Gasteiger charge is -2.15. The van der Waals surface area contributed by atoms with Gasteiger partial charge in [0, 0.05) is 11.4 Å². The zero-order valence-corrected chi connectivity index (χ0v) is 13.0. The van der Waals surface area contributed by atoms with Crippen molar-refractivity contribution in [2.24, 2.45) is 5.73 Å². The highest BCUT2D eigenvalue weighted by atomic mass is 35.5. The summed E-state index contributed by atoms with van der Waals surface area (Å²) in [5.41, 5.74) is 6.83. The van der Waals surface area contributed by atoms with Gasteiger partial charge in [0.2, 0.25) is 0 Å². The molecule has 2 amide bonds. The van der Waals surface area contributed by atoms with Gasteiger partial charge in [0.25, 0.3) is 0 Å². The predicted molar refractivity (Wildman–Crippen MR) is 81.5 cm³/mol. The van der Waals surface area contributed by atoms with Crippen LogP contribution in [0, 0.1) is 6.92 Å². The molecule has 6 nitrogen and oxygen atoms in total. The quantitative estimate of drug-likeness (QED) is 0.782. The Morgan fingerprint density at radius 3 is 2.57 bits per heavy atom. The molecule has 0 unspecified atom stereocenters. The van der Waals surface area contributed by atoms with Crippen molar-refractivity contribution >= 4 is 41.1 Å². The summed E-state index contributed by atoms with van der Waals surface area (Å²) in [6.45, 7) is 1.88. The van der Waals surface area contributed by atoms with Gasteiger partial charge in [-0.05, 0) is 31.0 Å². The van der Waals surface area contributed by atoms with Gasteiger partial charge in [-0.1, -0.05) is 0 Å². The highest BCUT2D eigenvalue weighted by Gasteiger charge is 2.15. The summed E-state index contributed by atoms with van der Waals surface area (Å²) < 4.78 is 9.79. The zero-order valence-electron chi connectivity index (χ0n) is 11.4. The van der Waals surface area contributed by atoms with E-state index in [-0.39, 0.29) is 24.1 Å². The summed E-state index contributed by atoms with van der Waals surface area (Å²) in [5, 5.41) is 2.57. The van der Waals surface area contributed by atoms with E-state index in [1.165, 1.54) is 0 Å². The largest absolute Gasteiger partial charge is 0.448 e. The van der Waals surface area contributed by atoms with E-state index < -0.39 is 12.2 Å². The molecule has 0 aliphatic carbocycles. The molecule has 1 aromatic carbocycles. The average Bonchev–Trinajstić information content (AvgIpc) is 2.39. The molecule has 0 bridgehead atoms. The van der Waals surface area contributed by atoms with Crippen molar-refractivity contribution in [3.63, 3.8) is 0 Å². The molecular formula is C13H16Cl2N2O4. The number of amides is 2. The minimum absolute atomic E-state index is 0.0920. The first kappa shape index (κ1) is 17.4. The molecular weight excluding hydrogens is 319 g/mol. The molecule has 116 valence electrons. The van der Waals surface area contributed by atoms with Crippen molar-refractivity contribution < 1.29 is 19.1 Å². The highest BCUT2D eigenvalue weighted by Crippen LogP contribution is 2.30. The first-order valence-corrected chi connectivity index (χ1v) is 7.21. The standard InChI is InChI=1S/C13H16Cl2N2O4/c1-8-6-10(17-13(19)20-5-4-15)9(2-3-14)11(7-8)21-12(16)18/h6-7H,2-5H2,1H3,(H2,16,18)(H,17,19). The van der Waals surface area contributed by atoms with Crippen LogP contribution in [0.25, 0.3) is 0 Å². The van der Waals surface area contributed by atoms with Crippen LogP contribution in [0.4, 0.5) is 15.3 Å². The predicted octanol–water partition coefficient (Wildman–Crippen LogP) is 3.02. The van der Waals surface area contributed by atoms with Crippen molar-refractivity contribution in [2.45, 2.75) is 13.3 Å². The van der Waals surface area contributed by atoms with Crippen LogP contribution in [0.1, 0.15) is 11.1 Å². The van der Waals surface area contributed by atoms with Crippen molar-refractivity contribution in [3.05, 3.63) is 23.3 Å². The van der Waals surface area contributed by atoms with Gasteiger partial charge < -0.3 is 15.2 Å². The maximum absolute atomic E-state index is 11.6. The fourth-order valence-electron chi connectivity index (χ4n) is 1.72. The first-order chi connectivity index (χ1) is 9.97. The SMILES string of the molecule is Cc1cc(NC(=O)OCCCl)c(CCCl)c(OC(N)=O)c1. The summed E-state index contributed by atoms with van der Waals surface area (Å²) >= 11 is 11.2. The number of ether oxygens (including phenoxy) is 2. The van der Waals surface area contributed by atoms with Gasteiger partial charge in [0.05, 0.1) is 11.6 Å². The minimum atomic E-state index is -0.938. The number of primary amides is 1. The van der Waals surface area contributed by atoms with Gasteiger partial charge in [-0.2, -0.15) is 0 Å². The second kappa shape index (κ2) is 8.59. The maximum atomic E-state index is 11.6. The van der Waals surface area contributed by atoms with Crippen molar-refractivity contribution in [1.82, 2.24) is 0 Å². The fourth-order valence-corrected chi connectivity index (χ4v) is 1.99. The Morgan fingerprint density at radius 1 is 1.29 bits per heavy atom. The van der Waals surface area contributed by atoms with Crippen LogP contribution < -0.4 is 15.8 Å². The molecule has 0 aromatic heterocycles. The third-order valence-corrected chi connectivity index (χ3v) is 2.80. The molecule has 0 radical (unpaired) electrons. The molecule has 1 rings (SSSR count). The molecule has 21 heavy (non-hydrogen) atoms. The lowest BCUT2D eigenvalue weighted by molar-refractivity contribution is 0.168. The van der Waals surface area contributed by atoms with Gasteiger partial charge in [-0.25, -0.2) is 9.59 Å². The number of rotatable bonds is 6. The number of anilines is 1. The average molecular weight is 335 g/mol. The molecule has 0 atom stereocenters. The van der Waals surface area contributed by atoms with E-state index in [0.717, 1.165) is 5.56 Å². The summed E-state index contributed by atoms with van der Waals surface area (Å²) in [4.78, 5) is 22.6. The smallest absolute Gasteiger partial charge is 0.411 e. The fraction of sp³-hybridized carbons (Fsp3) is 0.385. The number of nitrogens with one attached hydrogen (secondary N) is 1. The minimum Gasteiger partial charge on any atom is -0.448 e. The van der Waals surface area contributed by atoms with E-state index in [1.54, 1.807) is 19.1 Å². The van der Waals surface area contributed by atoms with Gasteiger partial charge in [0.15, 0.2) is 0 Å². The third-order valence-electron chi connectivity index (χ3n) is 2.46. The van der Waals surface area contributed by atoms with Crippen molar-refractivity contribution in [1.29, 1.82) is 0 Å². The number of carbonyl (C=O) groups is 2. The van der Waals surface area contributed by atoms with Gasteiger partial charge in [0.1, 0.15) is 12.4 Å². The molecule has 0 fully saturated rings. The number of hydrogen-bond donors (Lipinski definition) is 2. The lowest BCUT2D eigenvalue weighted by atomic mass is 10.1. The van der Waals surface area contributed by atoms with Crippen molar-refractivity contribution in [3.8, 4) is 5.75 Å². The summed E-state index contributed by atoms with van der Waals surface area (Å²) in [6.07, 6.45) is -1.20. The van der Waals surface area contributed by atoms with E-state index >= 15 is 0 Å². The topological polar surface area (TPSA) is 90.7 Å². The molecule has 0 aliphatic rings. The molecule has 0 heterocycles. The van der Waals surface area contributed by atoms with Gasteiger partial charge >= 0.3 is 12.2 Å². The number of carbonyl (C=O) groups excluding carboxylic acids is 2. The van der Waals surface area contributed by atoms with E-state index in [0.29, 0.717) is 17.7 Å². The number of halogens is 2. The van der Waals surface area contributed by atoms with Crippen LogP contribution in [0.5, 0.6) is 5.75 Å². The Labute approximate surface area is 132 Å². The van der Waals surface area contributed by atoms with Crippen LogP contribution in [0.2, 0.25) is 0 Å². The molecule has 8 heteroatoms. The van der Waals surface area contributed by atoms with Crippen LogP contribution in [0.3, 0.4) is 0 Å². The third kappa shape index (κ3) is 5.69. The normalized spacial score (nSPS) is 10.0. The van der Waals surface area contributed by atoms with E-state index in [1.807, 2.05) is 0 Å². The van der Waals surface area contributed by atoms with E-state index in [9.17, 15) is 9.59 Å². The second-order valence-corrected chi connectivity index (χ2v) is 4.86. The Kier molecular flexibility index (Phi) is 7.11. The summed E-state index contributed by atoms with van der Waals surface area (Å²) in [5.74, 6) is 0.742. The van der Waals surface area contributed by atoms with Gasteiger partial charge in [-0.15, -0.1) is 23.2 Å². The zero-order chi connectivity index (χ0) is 15.8. The summed E-state index contributed by atoms with van der Waals surface area (Å²) in [7, 11) is 0. The number of hydrogen-bond acceptors (Lipinski definition) is 4. The van der Waals surface area contributed by atoms with Crippen LogP contribution in [-0.2, 0) is 11.2 Å². The summed E-state index contributed by atoms with van der Waals surface area (Å²) in [6, 6.07) is 3.36. The molecule has 3 N–H and O–H groups in total. The van der Waals surface area contributed by atoms with Crippen LogP contribution in [0.15, 0.2) is 12.1 Å². The van der Waals surface area contributed by atoms with Crippen LogP contribution in [-0.4, -0.2) is 30.6 Å². The molecule has 0 saturated carbocycles. The Morgan fingerprint density at radius 2 is 2.00 bits per heavy atom. The Balaban J connectivity index is 3.07. The molecule has 0 saturated heterocycles. The number of aryl methyl sites for hydroxylation is 1. The molecule has 0 aliphatic heterocycles. The number of benzene rings is 1. The maximum Gasteiger partial charge on any atom is 0.411 e. The lowest BCUT2D eigenvalue weighted by Crippen LogP contribution is -2.19. The molecule has 1 aromatic rings. The van der Waals surface area contributed by atoms with Gasteiger partial charge in [-0.3, -0.25) is 5.32 Å². The van der Waals surface area contributed by atoms with E-state index in [4.69, 9.17) is 38.4 Å². The van der Waals surface area contributed by atoms with Crippen molar-refractivity contribution in [2.75, 3.05) is 23.7 Å². The monoisotopic (exact) mass is 334 g/mol. The van der Waals surface area contributed by atoms with Crippen LogP contribution >= 0.6 is 23.2 Å². The Hall–Kier alpha value is -1.66. The highest BCUT2D eigenvalue weighted by molar-refractivity contribution is 6.18. The number of nitrogens with two attached hydrogens (primary N) is 1. The Bertz CT molecular complexity index is 523. The van der Waals surface area contributed by atoms with E-state index in [2.05, 4.69) is 5.32 Å². The first-order valence-electron chi connectivity index (χ1n) is 6.14. The number of alkyl halides is 2. The molecule has 0 spiro atoms.